The van der Waals surface area contributed by atoms with E-state index >= 15 is 0 Å². The topological polar surface area (TPSA) is 17.8 Å². The Bertz CT molecular complexity index is 504. The molecular weight excluding hydrogens is 404 g/mol. The minimum Gasteiger partial charge on any atom is -0.237 e. The van der Waals surface area contributed by atoms with Crippen LogP contribution >= 0.6 is 55.9 Å². The Hall–Kier alpha value is 0.550. The van der Waals surface area contributed by atoms with Gasteiger partial charge < -0.3 is 0 Å². The summed E-state index contributed by atoms with van der Waals surface area (Å²) in [5.41, 5.74) is 0.756. The molecule has 2 aromatic rings. The van der Waals surface area contributed by atoms with Crippen molar-refractivity contribution in [3.8, 4) is 0 Å². The summed E-state index contributed by atoms with van der Waals surface area (Å²) in [7, 11) is 0. The zero-order chi connectivity index (χ0) is 10.3. The highest BCUT2D eigenvalue weighted by Gasteiger charge is 2.12. The van der Waals surface area contributed by atoms with E-state index in [2.05, 4.69) is 43.1 Å². The third-order valence-corrected chi connectivity index (χ3v) is 5.10. The summed E-state index contributed by atoms with van der Waals surface area (Å²) >= 11 is 11.2. The van der Waals surface area contributed by atoms with Crippen LogP contribution in [0.3, 0.4) is 0 Å². The minimum atomic E-state index is -0.428. The molecule has 1 unspecified atom stereocenters. The maximum atomic E-state index is 13.3. The smallest absolute Gasteiger partial charge is 0.145 e. The van der Waals surface area contributed by atoms with Crippen molar-refractivity contribution in [2.75, 3.05) is 0 Å². The number of benzene rings is 1. The van der Waals surface area contributed by atoms with Gasteiger partial charge in [0.1, 0.15) is 5.82 Å². The fourth-order valence-corrected chi connectivity index (χ4v) is 3.32. The molecule has 0 radical (unpaired) electrons. The van der Waals surface area contributed by atoms with Crippen LogP contribution in [-0.4, -0.2) is 9.55 Å². The van der Waals surface area contributed by atoms with Crippen molar-refractivity contribution in [3.63, 3.8) is 0 Å². The maximum Gasteiger partial charge on any atom is 0.145 e. The van der Waals surface area contributed by atoms with E-state index in [1.54, 1.807) is 10.6 Å². The van der Waals surface area contributed by atoms with E-state index in [0.29, 0.717) is 10.8 Å². The summed E-state index contributed by atoms with van der Waals surface area (Å²) in [6.45, 7) is 0. The Kier molecular flexibility index (Phi) is 3.31. The summed E-state index contributed by atoms with van der Waals surface area (Å²) in [5, 5.41) is 5.06. The second-order valence-corrected chi connectivity index (χ2v) is 5.77. The van der Waals surface area contributed by atoms with E-state index in [-0.39, 0.29) is 5.02 Å². The second-order valence-electron chi connectivity index (χ2n) is 2.56. The lowest BCUT2D eigenvalue weighted by Crippen LogP contribution is -1.85. The number of hydrogen-bond donors (Lipinski definition) is 0. The summed E-state index contributed by atoms with van der Waals surface area (Å²) in [6, 6.07) is 1.40. The molecule has 2 rings (SSSR count). The van der Waals surface area contributed by atoms with E-state index < -0.39 is 5.82 Å². The zero-order valence-corrected chi connectivity index (χ0v) is 12.1. The van der Waals surface area contributed by atoms with Crippen LogP contribution in [0.1, 0.15) is 0 Å². The molecular formula is C7H3BrClFIN2P. The molecule has 0 amide bonds. The van der Waals surface area contributed by atoms with Gasteiger partial charge in [-0.05, 0) is 38.0 Å². The first-order valence-electron chi connectivity index (χ1n) is 3.53. The summed E-state index contributed by atoms with van der Waals surface area (Å²) in [5.74, 6) is -0.428. The van der Waals surface area contributed by atoms with Crippen LogP contribution in [0.25, 0.3) is 10.9 Å². The van der Waals surface area contributed by atoms with Gasteiger partial charge in [-0.25, -0.2) is 8.84 Å². The number of hydrogen-bond acceptors (Lipinski definition) is 1. The molecule has 1 aromatic carbocycles. The number of nitrogens with zero attached hydrogens (tertiary/aromatic N) is 2. The standard InChI is InChI=1S/C7H3BrClFIN2P/c8-6-3-2-12-13(14-11)5(3)1-4(10)7(6)9/h1-2,14H. The quantitative estimate of drug-likeness (QED) is 0.390. The van der Waals surface area contributed by atoms with Gasteiger partial charge in [0.2, 0.25) is 0 Å². The largest absolute Gasteiger partial charge is 0.237 e. The van der Waals surface area contributed by atoms with Gasteiger partial charge in [-0.3, -0.25) is 0 Å². The molecule has 0 bridgehead atoms. The normalized spacial score (nSPS) is 12.0. The van der Waals surface area contributed by atoms with Crippen LogP contribution in [0, 0.1) is 5.82 Å². The predicted octanol–water partition coefficient (Wildman–Crippen LogP) is 4.38. The van der Waals surface area contributed by atoms with Crippen LogP contribution in [0.4, 0.5) is 4.39 Å². The molecule has 0 aliphatic rings. The van der Waals surface area contributed by atoms with Crippen molar-refractivity contribution in [1.82, 2.24) is 9.55 Å². The molecule has 0 aliphatic heterocycles. The average molecular weight is 407 g/mol. The van der Waals surface area contributed by atoms with E-state index in [9.17, 15) is 4.39 Å². The number of halogens is 4. The SMILES string of the molecule is Fc1cc2c(cnn2PI)c(Br)c1Cl. The number of aromatic nitrogens is 2. The maximum absolute atomic E-state index is 13.3. The van der Waals surface area contributed by atoms with Gasteiger partial charge in [-0.1, -0.05) is 11.6 Å². The lowest BCUT2D eigenvalue weighted by molar-refractivity contribution is 0.629. The van der Waals surface area contributed by atoms with Crippen LogP contribution in [0.2, 0.25) is 5.02 Å². The lowest BCUT2D eigenvalue weighted by Gasteiger charge is -2.01. The second kappa shape index (κ2) is 4.20. The third kappa shape index (κ3) is 1.68. The van der Waals surface area contributed by atoms with E-state index in [1.165, 1.54) is 6.07 Å². The van der Waals surface area contributed by atoms with Crippen molar-refractivity contribution in [2.45, 2.75) is 0 Å². The molecule has 74 valence electrons. The van der Waals surface area contributed by atoms with E-state index in [1.807, 2.05) is 0 Å². The van der Waals surface area contributed by atoms with Crippen molar-refractivity contribution >= 4 is 66.8 Å². The molecule has 0 aliphatic carbocycles. The molecule has 1 heterocycles. The van der Waals surface area contributed by atoms with Crippen LogP contribution in [0.15, 0.2) is 16.7 Å². The van der Waals surface area contributed by atoms with Gasteiger partial charge in [0, 0.05) is 11.5 Å². The first-order valence-corrected chi connectivity index (χ1v) is 8.76. The number of fused-ring (bicyclic) bond motifs is 1. The Morgan fingerprint density at radius 3 is 3.00 bits per heavy atom. The van der Waals surface area contributed by atoms with Crippen LogP contribution < -0.4 is 0 Å². The fourth-order valence-electron chi connectivity index (χ4n) is 1.14. The van der Waals surface area contributed by atoms with Gasteiger partial charge in [-0.15, -0.1) is 0 Å². The Labute approximate surface area is 108 Å². The molecule has 7 heteroatoms. The molecule has 0 spiro atoms. The van der Waals surface area contributed by atoms with E-state index in [0.717, 1.165) is 10.9 Å². The summed E-state index contributed by atoms with van der Waals surface area (Å²) in [6.07, 6.45) is 2.12. The first kappa shape index (κ1) is 11.0. The van der Waals surface area contributed by atoms with Gasteiger partial charge in [0.05, 0.1) is 27.6 Å². The van der Waals surface area contributed by atoms with Gasteiger partial charge in [0.15, 0.2) is 0 Å². The molecule has 2 nitrogen and oxygen atoms in total. The van der Waals surface area contributed by atoms with Gasteiger partial charge in [0.25, 0.3) is 0 Å². The number of rotatable bonds is 1. The summed E-state index contributed by atoms with van der Waals surface area (Å²) in [4.78, 5) is 0. The van der Waals surface area contributed by atoms with Crippen molar-refractivity contribution in [3.05, 3.63) is 27.6 Å². The molecule has 1 aromatic heterocycles. The molecule has 1 atom stereocenters. The predicted molar refractivity (Wildman–Crippen MR) is 70.1 cm³/mol. The van der Waals surface area contributed by atoms with Crippen LogP contribution in [0.5, 0.6) is 0 Å². The molecule has 0 saturated heterocycles. The average Bonchev–Trinajstić information content (AvgIpc) is 2.57. The zero-order valence-electron chi connectivity index (χ0n) is 6.56. The monoisotopic (exact) mass is 406 g/mol. The van der Waals surface area contributed by atoms with Crippen LogP contribution in [-0.2, 0) is 0 Å². The van der Waals surface area contributed by atoms with Gasteiger partial charge >= 0.3 is 0 Å². The van der Waals surface area contributed by atoms with Crippen molar-refractivity contribution < 1.29 is 4.39 Å². The lowest BCUT2D eigenvalue weighted by atomic mass is 10.2. The van der Waals surface area contributed by atoms with E-state index in [4.69, 9.17) is 11.6 Å². The van der Waals surface area contributed by atoms with Gasteiger partial charge in [-0.2, -0.15) is 5.10 Å². The highest BCUT2D eigenvalue weighted by atomic mass is 127. The van der Waals surface area contributed by atoms with Crippen molar-refractivity contribution in [1.29, 1.82) is 0 Å². The highest BCUT2D eigenvalue weighted by Crippen LogP contribution is 2.36. The Morgan fingerprint density at radius 1 is 1.64 bits per heavy atom. The first-order chi connectivity index (χ1) is 6.65. The highest BCUT2D eigenvalue weighted by molar-refractivity contribution is 14.2. The summed E-state index contributed by atoms with van der Waals surface area (Å²) < 4.78 is 15.6. The Morgan fingerprint density at radius 2 is 2.36 bits per heavy atom. The molecule has 0 fully saturated rings. The fraction of sp³-hybridized carbons (Fsp3) is 0. The minimum absolute atomic E-state index is 0.105. The molecule has 0 saturated carbocycles. The molecule has 0 N–H and O–H groups in total. The van der Waals surface area contributed by atoms with Crippen molar-refractivity contribution in [2.24, 2.45) is 0 Å². The molecule has 14 heavy (non-hydrogen) atoms. The Balaban J connectivity index is 2.86. The third-order valence-electron chi connectivity index (χ3n) is 1.79.